The molecule has 3 nitrogen and oxygen atoms in total. The van der Waals surface area contributed by atoms with Crippen LogP contribution in [0.1, 0.15) is 102 Å². The van der Waals surface area contributed by atoms with E-state index in [-0.39, 0.29) is 5.97 Å². The molecule has 3 heteroatoms. The summed E-state index contributed by atoms with van der Waals surface area (Å²) in [7, 11) is 0. The van der Waals surface area contributed by atoms with Gasteiger partial charge in [-0.15, -0.1) is 0 Å². The predicted molar refractivity (Wildman–Crippen MR) is 146 cm³/mol. The first-order valence-electron chi connectivity index (χ1n) is 12.5. The highest BCUT2D eigenvalue weighted by molar-refractivity contribution is 5.72. The normalized spacial score (nSPS) is 12.7. The van der Waals surface area contributed by atoms with Gasteiger partial charge in [0.25, 0.3) is 0 Å². The molecule has 0 saturated heterocycles. The van der Waals surface area contributed by atoms with Gasteiger partial charge in [-0.3, -0.25) is 4.79 Å². The van der Waals surface area contributed by atoms with Crippen LogP contribution in [0, 0.1) is 20.8 Å². The van der Waals surface area contributed by atoms with E-state index >= 15 is 0 Å². The largest absolute Gasteiger partial charge is 0.507 e. The van der Waals surface area contributed by atoms with Gasteiger partial charge < -0.3 is 9.84 Å². The first-order chi connectivity index (χ1) is 15.9. The molecule has 0 amide bonds. The summed E-state index contributed by atoms with van der Waals surface area (Å²) in [4.78, 5) is 11.5. The first kappa shape index (κ1) is 29.5. The molecule has 1 rings (SSSR count). The Hall–Kier alpha value is -2.55. The zero-order chi connectivity index (χ0) is 25.8. The van der Waals surface area contributed by atoms with Crippen molar-refractivity contribution in [2.45, 2.75) is 107 Å². The Morgan fingerprint density at radius 3 is 1.65 bits per heavy atom. The molecule has 0 fully saturated rings. The lowest BCUT2D eigenvalue weighted by atomic mass is 9.94. The third-order valence-electron chi connectivity index (χ3n) is 6.39. The number of esters is 1. The van der Waals surface area contributed by atoms with Crippen molar-refractivity contribution in [3.8, 4) is 11.5 Å². The van der Waals surface area contributed by atoms with Gasteiger partial charge in [0.1, 0.15) is 11.5 Å². The van der Waals surface area contributed by atoms with Gasteiger partial charge in [0.05, 0.1) is 0 Å². The van der Waals surface area contributed by atoms with Crippen LogP contribution in [0.25, 0.3) is 0 Å². The molecule has 1 aromatic rings. The summed E-state index contributed by atoms with van der Waals surface area (Å²) in [6, 6.07) is 0. The molecule has 1 N–H and O–H groups in total. The lowest BCUT2D eigenvalue weighted by Gasteiger charge is -2.18. The van der Waals surface area contributed by atoms with Gasteiger partial charge >= 0.3 is 5.97 Å². The number of phenols is 1. The topological polar surface area (TPSA) is 46.5 Å². The Morgan fingerprint density at radius 2 is 1.18 bits per heavy atom. The second-order valence-corrected chi connectivity index (χ2v) is 9.88. The molecule has 0 aliphatic heterocycles. The van der Waals surface area contributed by atoms with Crippen LogP contribution in [0.15, 0.2) is 46.6 Å². The summed E-state index contributed by atoms with van der Waals surface area (Å²) in [6.07, 6.45) is 16.3. The number of hydrogen-bond acceptors (Lipinski definition) is 3. The van der Waals surface area contributed by atoms with E-state index < -0.39 is 0 Å². The maximum atomic E-state index is 11.5. The number of phenolic OH excluding ortho intramolecular Hbond substituents is 1. The van der Waals surface area contributed by atoms with Crippen LogP contribution in [-0.4, -0.2) is 11.1 Å². The van der Waals surface area contributed by atoms with Crippen LogP contribution >= 0.6 is 0 Å². The Morgan fingerprint density at radius 1 is 0.706 bits per heavy atom. The Balaban J connectivity index is 2.66. The van der Waals surface area contributed by atoms with E-state index in [2.05, 4.69) is 58.9 Å². The highest BCUT2D eigenvalue weighted by Gasteiger charge is 2.18. The Labute approximate surface area is 208 Å². The van der Waals surface area contributed by atoms with Crippen molar-refractivity contribution in [1.29, 1.82) is 0 Å². The van der Waals surface area contributed by atoms with Crippen molar-refractivity contribution in [3.63, 3.8) is 0 Å². The number of ether oxygens (including phenoxy) is 1. The van der Waals surface area contributed by atoms with E-state index in [1.165, 1.54) is 29.2 Å². The fraction of sp³-hybridized carbons (Fsp3) is 0.516. The lowest BCUT2D eigenvalue weighted by Crippen LogP contribution is -2.07. The Bertz CT molecular complexity index is 967. The van der Waals surface area contributed by atoms with Gasteiger partial charge in [0.15, 0.2) is 0 Å². The number of carbonyl (C=O) groups excluding carboxylic acids is 1. The van der Waals surface area contributed by atoms with E-state index in [4.69, 9.17) is 4.74 Å². The predicted octanol–water partition coefficient (Wildman–Crippen LogP) is 8.93. The number of benzene rings is 1. The highest BCUT2D eigenvalue weighted by Crippen LogP contribution is 2.37. The number of rotatable bonds is 12. The monoisotopic (exact) mass is 466 g/mol. The van der Waals surface area contributed by atoms with Crippen molar-refractivity contribution in [2.75, 3.05) is 0 Å². The van der Waals surface area contributed by atoms with Crippen LogP contribution in [0.4, 0.5) is 0 Å². The molecule has 0 atom stereocenters. The molecular formula is C31H46O3. The van der Waals surface area contributed by atoms with Gasteiger partial charge in [-0.05, 0) is 117 Å². The van der Waals surface area contributed by atoms with Gasteiger partial charge in [0, 0.05) is 12.5 Å². The Kier molecular flexibility index (Phi) is 12.7. The van der Waals surface area contributed by atoms with Crippen molar-refractivity contribution in [2.24, 2.45) is 0 Å². The summed E-state index contributed by atoms with van der Waals surface area (Å²) < 4.78 is 5.44. The first-order valence-corrected chi connectivity index (χ1v) is 12.5. The summed E-state index contributed by atoms with van der Waals surface area (Å²) in [5, 5.41) is 10.7. The molecule has 0 spiro atoms. The van der Waals surface area contributed by atoms with Gasteiger partial charge in [-0.25, -0.2) is 0 Å². The maximum Gasteiger partial charge on any atom is 0.308 e. The third-order valence-corrected chi connectivity index (χ3v) is 6.39. The molecule has 1 aromatic carbocycles. The third kappa shape index (κ3) is 10.2. The smallest absolute Gasteiger partial charge is 0.308 e. The minimum atomic E-state index is -0.342. The second kappa shape index (κ2) is 14.7. The van der Waals surface area contributed by atoms with E-state index in [0.717, 1.165) is 60.8 Å². The molecule has 0 radical (unpaired) electrons. The summed E-state index contributed by atoms with van der Waals surface area (Å²) >= 11 is 0. The molecule has 0 aromatic heterocycles. The SMILES string of the molecule is CC(=O)Oc1c(C)c(C)c(O)c(CC=C(C)CC/C=C(\C)CC/C=C(\C)CCC=C(C)C)c1C. The van der Waals surface area contributed by atoms with Crippen LogP contribution in [0.2, 0.25) is 0 Å². The van der Waals surface area contributed by atoms with E-state index in [1.54, 1.807) is 0 Å². The van der Waals surface area contributed by atoms with Gasteiger partial charge in [-0.1, -0.05) is 46.6 Å². The zero-order valence-electron chi connectivity index (χ0n) is 23.0. The number of hydrogen-bond donors (Lipinski definition) is 1. The van der Waals surface area contributed by atoms with Crippen molar-refractivity contribution in [1.82, 2.24) is 0 Å². The lowest BCUT2D eigenvalue weighted by molar-refractivity contribution is -0.131. The van der Waals surface area contributed by atoms with Crippen molar-refractivity contribution < 1.29 is 14.6 Å². The fourth-order valence-corrected chi connectivity index (χ4v) is 3.98. The second-order valence-electron chi connectivity index (χ2n) is 9.88. The zero-order valence-corrected chi connectivity index (χ0v) is 23.0. The van der Waals surface area contributed by atoms with E-state index in [0.29, 0.717) is 17.9 Å². The van der Waals surface area contributed by atoms with Crippen LogP contribution in [-0.2, 0) is 11.2 Å². The quantitative estimate of drug-likeness (QED) is 0.190. The molecule has 0 saturated carbocycles. The average molecular weight is 467 g/mol. The average Bonchev–Trinajstić information content (AvgIpc) is 2.75. The summed E-state index contributed by atoms with van der Waals surface area (Å²) in [6.45, 7) is 18.0. The summed E-state index contributed by atoms with van der Waals surface area (Å²) in [5.41, 5.74) is 8.85. The minimum absolute atomic E-state index is 0.301. The molecule has 0 aliphatic carbocycles. The standard InChI is InChI=1S/C31H46O3/c1-21(2)13-10-14-22(3)15-11-16-23(4)17-12-18-24(5)19-20-29-27(8)31(34-28(9)32)26(7)25(6)30(29)33/h13,15,17,19,33H,10-12,14,16,18,20H2,1-9H3/b22-15+,23-17+,24-19?. The van der Waals surface area contributed by atoms with Crippen LogP contribution in [0.3, 0.4) is 0 Å². The molecule has 0 aliphatic rings. The molecular weight excluding hydrogens is 420 g/mol. The van der Waals surface area contributed by atoms with Crippen LogP contribution in [0.5, 0.6) is 11.5 Å². The molecule has 0 bridgehead atoms. The summed E-state index contributed by atoms with van der Waals surface area (Å²) in [5.74, 6) is 0.532. The van der Waals surface area contributed by atoms with Crippen molar-refractivity contribution >= 4 is 5.97 Å². The molecule has 188 valence electrons. The molecule has 34 heavy (non-hydrogen) atoms. The maximum absolute atomic E-state index is 11.5. The molecule has 0 unspecified atom stereocenters. The minimum Gasteiger partial charge on any atom is -0.507 e. The van der Waals surface area contributed by atoms with Gasteiger partial charge in [-0.2, -0.15) is 0 Å². The molecule has 0 heterocycles. The van der Waals surface area contributed by atoms with Crippen LogP contribution < -0.4 is 4.74 Å². The van der Waals surface area contributed by atoms with Gasteiger partial charge in [0.2, 0.25) is 0 Å². The van der Waals surface area contributed by atoms with Crippen molar-refractivity contribution in [3.05, 3.63) is 68.9 Å². The number of carbonyl (C=O) groups is 1. The number of allylic oxidation sites excluding steroid dienone is 8. The highest BCUT2D eigenvalue weighted by atomic mass is 16.5. The van der Waals surface area contributed by atoms with E-state index in [9.17, 15) is 9.90 Å². The number of aromatic hydroxyl groups is 1. The van der Waals surface area contributed by atoms with E-state index in [1.807, 2.05) is 20.8 Å². The fourth-order valence-electron chi connectivity index (χ4n) is 3.98.